The molecule has 0 saturated carbocycles. The molecule has 0 atom stereocenters. The third kappa shape index (κ3) is 5.62. The van der Waals surface area contributed by atoms with Gasteiger partial charge in [-0.3, -0.25) is 0 Å². The smallest absolute Gasteiger partial charge is 0.143 e. The minimum atomic E-state index is 0.899. The largest absolute Gasteiger partial charge is 0.455 e. The molecule has 2 nitrogen and oxygen atoms in total. The van der Waals surface area contributed by atoms with E-state index in [2.05, 4.69) is 217 Å². The first-order valence-corrected chi connectivity index (χ1v) is 20.9. The van der Waals surface area contributed by atoms with Crippen LogP contribution in [0.2, 0.25) is 0 Å². The molecule has 0 saturated heterocycles. The number of fused-ring (bicyclic) bond motifs is 9. The maximum absolute atomic E-state index is 6.55. The number of benzene rings is 10. The van der Waals surface area contributed by atoms with Crippen molar-refractivity contribution in [2.24, 2.45) is 0 Å². The van der Waals surface area contributed by atoms with Crippen LogP contribution in [0.3, 0.4) is 0 Å². The normalized spacial score (nSPS) is 11.7. The van der Waals surface area contributed by atoms with Crippen LogP contribution in [0.25, 0.3) is 97.0 Å². The van der Waals surface area contributed by atoms with E-state index < -0.39 is 0 Å². The number of hydrogen-bond acceptors (Lipinski definition) is 3. The van der Waals surface area contributed by atoms with Gasteiger partial charge in [-0.2, -0.15) is 0 Å². The van der Waals surface area contributed by atoms with E-state index in [4.69, 9.17) is 4.42 Å². The second kappa shape index (κ2) is 13.6. The quantitative estimate of drug-likeness (QED) is 0.167. The minimum Gasteiger partial charge on any atom is -0.455 e. The molecule has 0 aliphatic rings. The molecule has 276 valence electrons. The van der Waals surface area contributed by atoms with Crippen molar-refractivity contribution in [3.8, 4) is 33.4 Å². The summed E-state index contributed by atoms with van der Waals surface area (Å²) in [7, 11) is 0. The fourth-order valence-corrected chi connectivity index (χ4v) is 10.2. The van der Waals surface area contributed by atoms with Crippen molar-refractivity contribution < 1.29 is 4.42 Å². The van der Waals surface area contributed by atoms with Crippen LogP contribution in [-0.2, 0) is 0 Å². The maximum atomic E-state index is 6.55. The van der Waals surface area contributed by atoms with Gasteiger partial charge in [-0.25, -0.2) is 0 Å². The Morgan fingerprint density at radius 3 is 1.73 bits per heavy atom. The van der Waals surface area contributed by atoms with Crippen molar-refractivity contribution in [1.29, 1.82) is 0 Å². The molecule has 2 aromatic heterocycles. The zero-order valence-electron chi connectivity index (χ0n) is 32.0. The van der Waals surface area contributed by atoms with Crippen LogP contribution >= 0.6 is 11.3 Å². The fourth-order valence-electron chi connectivity index (χ4n) is 9.03. The molecule has 0 amide bonds. The monoisotopic (exact) mass is 769 g/mol. The first-order chi connectivity index (χ1) is 29.2. The predicted octanol–water partition coefficient (Wildman–Crippen LogP) is 16.7. The molecule has 0 bridgehead atoms. The number of hydrogen-bond donors (Lipinski definition) is 0. The second-order valence-electron chi connectivity index (χ2n) is 15.3. The van der Waals surface area contributed by atoms with Gasteiger partial charge in [0.2, 0.25) is 0 Å². The van der Waals surface area contributed by atoms with Gasteiger partial charge in [-0.1, -0.05) is 146 Å². The molecular weight excluding hydrogens is 735 g/mol. The average molecular weight is 770 g/mol. The maximum Gasteiger partial charge on any atom is 0.143 e. The third-order valence-corrected chi connectivity index (χ3v) is 13.0. The van der Waals surface area contributed by atoms with Gasteiger partial charge in [-0.05, 0) is 116 Å². The van der Waals surface area contributed by atoms with E-state index in [-0.39, 0.29) is 0 Å². The van der Waals surface area contributed by atoms with Crippen LogP contribution in [-0.4, -0.2) is 0 Å². The molecule has 0 N–H and O–H groups in total. The topological polar surface area (TPSA) is 16.4 Å². The Labute approximate surface area is 345 Å². The van der Waals surface area contributed by atoms with Crippen LogP contribution in [0, 0.1) is 0 Å². The highest BCUT2D eigenvalue weighted by atomic mass is 32.1. The predicted molar refractivity (Wildman–Crippen MR) is 253 cm³/mol. The number of furan rings is 1. The summed E-state index contributed by atoms with van der Waals surface area (Å²) in [5.41, 5.74) is 12.2. The number of nitrogens with zero attached hydrogens (tertiary/aromatic N) is 1. The summed E-state index contributed by atoms with van der Waals surface area (Å²) in [5.74, 6) is 0. The lowest BCUT2D eigenvalue weighted by Crippen LogP contribution is -2.10. The summed E-state index contributed by atoms with van der Waals surface area (Å²) in [6.45, 7) is 0. The van der Waals surface area contributed by atoms with Gasteiger partial charge in [0, 0.05) is 53.4 Å². The summed E-state index contributed by atoms with van der Waals surface area (Å²) in [4.78, 5) is 2.37. The molecule has 3 heteroatoms. The zero-order chi connectivity index (χ0) is 38.9. The Kier molecular flexibility index (Phi) is 7.75. The molecule has 0 radical (unpaired) electrons. The third-order valence-electron chi connectivity index (χ3n) is 11.8. The Hall–Kier alpha value is -7.46. The molecule has 12 rings (SSSR count). The highest BCUT2D eigenvalue weighted by Gasteiger charge is 2.18. The van der Waals surface area contributed by atoms with Gasteiger partial charge < -0.3 is 9.32 Å². The second-order valence-corrected chi connectivity index (χ2v) is 16.3. The van der Waals surface area contributed by atoms with E-state index in [0.717, 1.165) is 55.5 Å². The number of thiophene rings is 1. The van der Waals surface area contributed by atoms with Crippen LogP contribution in [0.5, 0.6) is 0 Å². The molecule has 0 aliphatic heterocycles. The van der Waals surface area contributed by atoms with E-state index in [0.29, 0.717) is 0 Å². The van der Waals surface area contributed by atoms with Crippen molar-refractivity contribution in [3.05, 3.63) is 212 Å². The number of anilines is 3. The Balaban J connectivity index is 0.980. The summed E-state index contributed by atoms with van der Waals surface area (Å²) < 4.78 is 9.18. The number of rotatable bonds is 6. The summed E-state index contributed by atoms with van der Waals surface area (Å²) >= 11 is 1.86. The first-order valence-electron chi connectivity index (χ1n) is 20.1. The van der Waals surface area contributed by atoms with Crippen LogP contribution in [0.15, 0.2) is 217 Å². The minimum absolute atomic E-state index is 0.899. The molecule has 0 unspecified atom stereocenters. The van der Waals surface area contributed by atoms with E-state index in [1.165, 1.54) is 58.6 Å². The Morgan fingerprint density at radius 2 is 0.932 bits per heavy atom. The molecule has 59 heavy (non-hydrogen) atoms. The average Bonchev–Trinajstić information content (AvgIpc) is 3.89. The molecule has 0 aliphatic carbocycles. The molecule has 12 aromatic rings. The lowest BCUT2D eigenvalue weighted by Gasteiger charge is -2.26. The van der Waals surface area contributed by atoms with Crippen molar-refractivity contribution in [3.63, 3.8) is 0 Å². The lowest BCUT2D eigenvalue weighted by molar-refractivity contribution is 0.673. The van der Waals surface area contributed by atoms with Gasteiger partial charge in [0.05, 0.1) is 0 Å². The van der Waals surface area contributed by atoms with E-state index in [9.17, 15) is 0 Å². The van der Waals surface area contributed by atoms with Gasteiger partial charge in [0.1, 0.15) is 11.2 Å². The molecule has 0 fully saturated rings. The van der Waals surface area contributed by atoms with Gasteiger partial charge >= 0.3 is 0 Å². The zero-order valence-corrected chi connectivity index (χ0v) is 32.8. The van der Waals surface area contributed by atoms with E-state index in [1.54, 1.807) is 0 Å². The Morgan fingerprint density at radius 1 is 0.339 bits per heavy atom. The highest BCUT2D eigenvalue weighted by Crippen LogP contribution is 2.44. The SMILES string of the molecule is c1cc(-c2ccc3ccccc3c2)cc(N(c2ccc(-c3cccc4oc5c6ccccc6ccc5c34)cc2)c2ccc(-c3cccc4sc5ccccc5c34)cc2)c1. The summed E-state index contributed by atoms with van der Waals surface area (Å²) in [5, 5.41) is 9.71. The van der Waals surface area contributed by atoms with Crippen LogP contribution in [0.1, 0.15) is 0 Å². The summed E-state index contributed by atoms with van der Waals surface area (Å²) in [6, 6.07) is 77.0. The first kappa shape index (κ1) is 33.7. The van der Waals surface area contributed by atoms with Crippen molar-refractivity contribution in [1.82, 2.24) is 0 Å². The molecular formula is C56H35NOS. The van der Waals surface area contributed by atoms with Crippen molar-refractivity contribution >= 4 is 92.1 Å². The molecule has 2 heterocycles. The van der Waals surface area contributed by atoms with Crippen LogP contribution in [0.4, 0.5) is 17.1 Å². The Bertz CT molecular complexity index is 3560. The van der Waals surface area contributed by atoms with Crippen molar-refractivity contribution in [2.45, 2.75) is 0 Å². The fraction of sp³-hybridized carbons (Fsp3) is 0. The van der Waals surface area contributed by atoms with Crippen molar-refractivity contribution in [2.75, 3.05) is 4.90 Å². The van der Waals surface area contributed by atoms with Crippen LogP contribution < -0.4 is 4.90 Å². The van der Waals surface area contributed by atoms with Gasteiger partial charge in [-0.15, -0.1) is 11.3 Å². The molecule has 10 aromatic carbocycles. The molecule has 0 spiro atoms. The highest BCUT2D eigenvalue weighted by molar-refractivity contribution is 7.25. The lowest BCUT2D eigenvalue weighted by atomic mass is 9.97. The van der Waals surface area contributed by atoms with E-state index in [1.807, 2.05) is 11.3 Å². The van der Waals surface area contributed by atoms with Gasteiger partial charge in [0.25, 0.3) is 0 Å². The standard InChI is InChI=1S/C56H35NOS/c1-2-12-40-34-42(23-22-36(40)10-1)41-13-7-14-45(35-41)57(44-31-26-39(27-32-44)47-18-9-21-53-55(47)49-16-5-6-20-52(49)59-53)43-29-24-38(25-30-43)46-17-8-19-51-54(46)50-33-28-37-11-3-4-15-48(37)56(50)58-51/h1-35H. The van der Waals surface area contributed by atoms with Gasteiger partial charge in [0.15, 0.2) is 0 Å². The van der Waals surface area contributed by atoms with E-state index >= 15 is 0 Å². The summed E-state index contributed by atoms with van der Waals surface area (Å²) in [6.07, 6.45) is 0.